The molecule has 0 saturated heterocycles. The van der Waals surface area contributed by atoms with E-state index in [1.165, 1.54) is 4.90 Å². The minimum atomic E-state index is -0.151. The molecule has 0 aliphatic carbocycles. The van der Waals surface area contributed by atoms with E-state index in [1.54, 1.807) is 24.3 Å². The molecule has 0 spiro atoms. The molecule has 1 aliphatic rings. The quantitative estimate of drug-likeness (QED) is 0.729. The summed E-state index contributed by atoms with van der Waals surface area (Å²) in [5, 5.41) is 0. The van der Waals surface area contributed by atoms with Gasteiger partial charge in [-0.2, -0.15) is 0 Å². The van der Waals surface area contributed by atoms with Gasteiger partial charge in [-0.05, 0) is 25.5 Å². The molecule has 1 aliphatic heterocycles. The number of hydrogen-bond acceptors (Lipinski definition) is 2. The number of amides is 2. The molecule has 16 heavy (non-hydrogen) atoms. The van der Waals surface area contributed by atoms with Crippen LogP contribution < -0.4 is 0 Å². The van der Waals surface area contributed by atoms with E-state index in [-0.39, 0.29) is 17.9 Å². The number of fused-ring (bicyclic) bond motifs is 1. The Labute approximate surface area is 95.1 Å². The Morgan fingerprint density at radius 2 is 1.62 bits per heavy atom. The number of rotatable bonds is 3. The fraction of sp³-hybridized carbons (Fsp3) is 0.385. The minimum Gasteiger partial charge on any atom is -0.272 e. The van der Waals surface area contributed by atoms with E-state index in [2.05, 4.69) is 6.92 Å². The van der Waals surface area contributed by atoms with Gasteiger partial charge in [0.25, 0.3) is 11.8 Å². The lowest BCUT2D eigenvalue weighted by Crippen LogP contribution is -2.37. The van der Waals surface area contributed by atoms with Crippen LogP contribution in [0, 0.1) is 0 Å². The number of carbonyl (C=O) groups excluding carboxylic acids is 2. The molecule has 1 unspecified atom stereocenters. The monoisotopic (exact) mass is 217 g/mol. The molecule has 2 amide bonds. The molecule has 1 aromatic carbocycles. The van der Waals surface area contributed by atoms with Crippen LogP contribution >= 0.6 is 0 Å². The Hall–Kier alpha value is -1.64. The van der Waals surface area contributed by atoms with Crippen LogP contribution in [0.5, 0.6) is 0 Å². The summed E-state index contributed by atoms with van der Waals surface area (Å²) in [6.45, 7) is 3.97. The van der Waals surface area contributed by atoms with Gasteiger partial charge in [-0.15, -0.1) is 0 Å². The number of imide groups is 1. The molecular formula is C13H15NO2. The first kappa shape index (κ1) is 10.9. The third-order valence-electron chi connectivity index (χ3n) is 2.97. The first-order valence-electron chi connectivity index (χ1n) is 5.63. The molecule has 0 radical (unpaired) electrons. The summed E-state index contributed by atoms with van der Waals surface area (Å²) in [7, 11) is 0. The van der Waals surface area contributed by atoms with Crippen molar-refractivity contribution in [3.8, 4) is 0 Å². The highest BCUT2D eigenvalue weighted by molar-refractivity contribution is 6.21. The van der Waals surface area contributed by atoms with Crippen LogP contribution in [0.15, 0.2) is 24.3 Å². The molecule has 2 rings (SSSR count). The van der Waals surface area contributed by atoms with E-state index in [0.717, 1.165) is 12.8 Å². The van der Waals surface area contributed by atoms with Crippen molar-refractivity contribution in [3.63, 3.8) is 0 Å². The maximum Gasteiger partial charge on any atom is 0.261 e. The van der Waals surface area contributed by atoms with Crippen LogP contribution in [0.4, 0.5) is 0 Å². The minimum absolute atomic E-state index is 0.0163. The van der Waals surface area contributed by atoms with Crippen LogP contribution in [-0.2, 0) is 0 Å². The molecule has 0 aromatic heterocycles. The Morgan fingerprint density at radius 1 is 1.12 bits per heavy atom. The highest BCUT2D eigenvalue weighted by Gasteiger charge is 2.37. The molecule has 1 aromatic rings. The van der Waals surface area contributed by atoms with Gasteiger partial charge in [-0.1, -0.05) is 25.5 Å². The average molecular weight is 217 g/mol. The van der Waals surface area contributed by atoms with Crippen molar-refractivity contribution < 1.29 is 9.59 Å². The van der Waals surface area contributed by atoms with Gasteiger partial charge in [0, 0.05) is 6.04 Å². The normalized spacial score (nSPS) is 16.5. The van der Waals surface area contributed by atoms with Crippen molar-refractivity contribution >= 4 is 11.8 Å². The second kappa shape index (κ2) is 4.08. The van der Waals surface area contributed by atoms with Gasteiger partial charge in [0.05, 0.1) is 11.1 Å². The average Bonchev–Trinajstić information content (AvgIpc) is 2.53. The van der Waals surface area contributed by atoms with Crippen LogP contribution in [0.2, 0.25) is 0 Å². The molecule has 1 heterocycles. The molecule has 3 nitrogen and oxygen atoms in total. The molecule has 0 fully saturated rings. The van der Waals surface area contributed by atoms with E-state index in [1.807, 2.05) is 6.92 Å². The standard InChI is InChI=1S/C13H15NO2/c1-3-6-9(2)14-12(15)10-7-4-5-8-11(10)13(14)16/h4-5,7-9H,3,6H2,1-2H3. The zero-order valence-electron chi connectivity index (χ0n) is 9.56. The van der Waals surface area contributed by atoms with Crippen LogP contribution in [0.25, 0.3) is 0 Å². The number of nitrogens with zero attached hydrogens (tertiary/aromatic N) is 1. The fourth-order valence-electron chi connectivity index (χ4n) is 2.16. The van der Waals surface area contributed by atoms with Crippen molar-refractivity contribution in [1.82, 2.24) is 4.90 Å². The SMILES string of the molecule is CCCC(C)N1C(=O)c2ccccc2C1=O. The Balaban J connectivity index is 2.35. The summed E-state index contributed by atoms with van der Waals surface area (Å²) in [6, 6.07) is 7.00. The summed E-state index contributed by atoms with van der Waals surface area (Å²) < 4.78 is 0. The lowest BCUT2D eigenvalue weighted by atomic mass is 10.1. The molecule has 0 saturated carbocycles. The highest BCUT2D eigenvalue weighted by Crippen LogP contribution is 2.25. The Kier molecular flexibility index (Phi) is 2.77. The van der Waals surface area contributed by atoms with E-state index >= 15 is 0 Å². The van der Waals surface area contributed by atoms with Gasteiger partial charge in [0.15, 0.2) is 0 Å². The largest absolute Gasteiger partial charge is 0.272 e. The van der Waals surface area contributed by atoms with E-state index in [4.69, 9.17) is 0 Å². The summed E-state index contributed by atoms with van der Waals surface area (Å²) in [5.41, 5.74) is 1.07. The van der Waals surface area contributed by atoms with Crippen molar-refractivity contribution in [1.29, 1.82) is 0 Å². The highest BCUT2D eigenvalue weighted by atomic mass is 16.2. The summed E-state index contributed by atoms with van der Waals surface area (Å²) in [4.78, 5) is 25.4. The van der Waals surface area contributed by atoms with Crippen LogP contribution in [-0.4, -0.2) is 22.8 Å². The van der Waals surface area contributed by atoms with E-state index < -0.39 is 0 Å². The Bertz CT molecular complexity index is 404. The van der Waals surface area contributed by atoms with E-state index in [0.29, 0.717) is 11.1 Å². The van der Waals surface area contributed by atoms with E-state index in [9.17, 15) is 9.59 Å². The van der Waals surface area contributed by atoms with Crippen molar-refractivity contribution in [3.05, 3.63) is 35.4 Å². The molecule has 3 heteroatoms. The van der Waals surface area contributed by atoms with Gasteiger partial charge in [0.1, 0.15) is 0 Å². The molecule has 0 bridgehead atoms. The summed E-state index contributed by atoms with van der Waals surface area (Å²) in [6.07, 6.45) is 1.82. The zero-order valence-corrected chi connectivity index (χ0v) is 9.56. The van der Waals surface area contributed by atoms with Gasteiger partial charge in [-0.3, -0.25) is 14.5 Å². The Morgan fingerprint density at radius 3 is 2.06 bits per heavy atom. The van der Waals surface area contributed by atoms with Crippen molar-refractivity contribution in [2.45, 2.75) is 32.7 Å². The lowest BCUT2D eigenvalue weighted by molar-refractivity contribution is 0.0589. The maximum atomic E-state index is 12.0. The second-order valence-electron chi connectivity index (χ2n) is 4.16. The topological polar surface area (TPSA) is 37.4 Å². The first-order chi connectivity index (χ1) is 7.66. The predicted molar refractivity (Wildman–Crippen MR) is 61.3 cm³/mol. The maximum absolute atomic E-state index is 12.0. The third kappa shape index (κ3) is 1.52. The fourth-order valence-corrected chi connectivity index (χ4v) is 2.16. The predicted octanol–water partition coefficient (Wildman–Crippen LogP) is 2.47. The molecule has 84 valence electrons. The summed E-state index contributed by atoms with van der Waals surface area (Å²) >= 11 is 0. The third-order valence-corrected chi connectivity index (χ3v) is 2.97. The second-order valence-corrected chi connectivity index (χ2v) is 4.16. The first-order valence-corrected chi connectivity index (χ1v) is 5.63. The van der Waals surface area contributed by atoms with Gasteiger partial charge in [0.2, 0.25) is 0 Å². The summed E-state index contributed by atoms with van der Waals surface area (Å²) in [5.74, 6) is -0.303. The van der Waals surface area contributed by atoms with Gasteiger partial charge < -0.3 is 0 Å². The molecular weight excluding hydrogens is 202 g/mol. The number of benzene rings is 1. The van der Waals surface area contributed by atoms with Crippen LogP contribution in [0.1, 0.15) is 47.4 Å². The lowest BCUT2D eigenvalue weighted by Gasteiger charge is -2.21. The smallest absolute Gasteiger partial charge is 0.261 e. The number of hydrogen-bond donors (Lipinski definition) is 0. The molecule has 0 N–H and O–H groups in total. The van der Waals surface area contributed by atoms with Gasteiger partial charge in [-0.25, -0.2) is 0 Å². The van der Waals surface area contributed by atoms with Crippen molar-refractivity contribution in [2.75, 3.05) is 0 Å². The molecule has 1 atom stereocenters. The van der Waals surface area contributed by atoms with Gasteiger partial charge >= 0.3 is 0 Å². The number of carbonyl (C=O) groups is 2. The van der Waals surface area contributed by atoms with Crippen molar-refractivity contribution in [2.24, 2.45) is 0 Å². The van der Waals surface area contributed by atoms with Crippen LogP contribution in [0.3, 0.4) is 0 Å². The zero-order chi connectivity index (χ0) is 11.7.